The van der Waals surface area contributed by atoms with Gasteiger partial charge in [-0.2, -0.15) is 5.26 Å². The summed E-state index contributed by atoms with van der Waals surface area (Å²) in [4.78, 5) is 20.1. The Bertz CT molecular complexity index is 1010. The van der Waals surface area contributed by atoms with Gasteiger partial charge in [-0.1, -0.05) is 30.0 Å². The largest absolute Gasteiger partial charge is 0.268 e. The van der Waals surface area contributed by atoms with E-state index in [2.05, 4.69) is 6.07 Å². The molecule has 0 spiro atoms. The van der Waals surface area contributed by atoms with E-state index in [1.54, 1.807) is 15.9 Å². The number of thioether (sulfide) groups is 1. The van der Waals surface area contributed by atoms with Crippen LogP contribution in [-0.4, -0.2) is 14.8 Å². The third-order valence-corrected chi connectivity index (χ3v) is 6.32. The number of hydrogen-bond acceptors (Lipinski definition) is 5. The molecule has 1 aliphatic carbocycles. The van der Waals surface area contributed by atoms with Crippen LogP contribution in [0.3, 0.4) is 0 Å². The Kier molecular flexibility index (Phi) is 3.91. The average Bonchev–Trinajstić information content (AvgIpc) is 3.16. The van der Waals surface area contributed by atoms with Crippen molar-refractivity contribution in [3.05, 3.63) is 51.1 Å². The molecule has 0 saturated heterocycles. The zero-order valence-corrected chi connectivity index (χ0v) is 14.8. The lowest BCUT2D eigenvalue weighted by Crippen LogP contribution is -2.22. The maximum absolute atomic E-state index is 13.3. The molecule has 24 heavy (non-hydrogen) atoms. The Morgan fingerprint density at radius 1 is 1.33 bits per heavy atom. The number of aryl methyl sites for hydroxylation is 2. The van der Waals surface area contributed by atoms with Crippen LogP contribution >= 0.6 is 23.1 Å². The summed E-state index contributed by atoms with van der Waals surface area (Å²) in [6, 6.07) is 11.8. The van der Waals surface area contributed by atoms with Crippen molar-refractivity contribution in [1.29, 1.82) is 5.26 Å². The summed E-state index contributed by atoms with van der Waals surface area (Å²) in [5.41, 5.74) is 1.96. The number of benzene rings is 1. The third-order valence-electron chi connectivity index (χ3n) is 4.19. The van der Waals surface area contributed by atoms with Crippen molar-refractivity contribution < 1.29 is 0 Å². The molecule has 1 aliphatic rings. The number of nitrogens with zero attached hydrogens (tertiary/aromatic N) is 3. The van der Waals surface area contributed by atoms with E-state index >= 15 is 0 Å². The SMILES string of the molecule is C[C@H](C#N)Sc1nc2sc3c(c2c(=O)n1-c1ccccc1)CCC3. The molecule has 0 unspecified atom stereocenters. The van der Waals surface area contributed by atoms with Crippen molar-refractivity contribution >= 4 is 33.3 Å². The van der Waals surface area contributed by atoms with Crippen LogP contribution in [-0.2, 0) is 12.8 Å². The molecule has 0 saturated carbocycles. The van der Waals surface area contributed by atoms with E-state index in [4.69, 9.17) is 10.2 Å². The highest BCUT2D eigenvalue weighted by molar-refractivity contribution is 8.00. The lowest BCUT2D eigenvalue weighted by atomic mass is 10.2. The van der Waals surface area contributed by atoms with E-state index < -0.39 is 0 Å². The Morgan fingerprint density at radius 2 is 2.12 bits per heavy atom. The van der Waals surface area contributed by atoms with Gasteiger partial charge in [-0.05, 0) is 43.9 Å². The van der Waals surface area contributed by atoms with Crippen LogP contribution in [0.25, 0.3) is 15.9 Å². The average molecular weight is 353 g/mol. The summed E-state index contributed by atoms with van der Waals surface area (Å²) in [5.74, 6) is 0. The van der Waals surface area contributed by atoms with Gasteiger partial charge in [0.1, 0.15) is 4.83 Å². The number of rotatable bonds is 3. The quantitative estimate of drug-likeness (QED) is 0.529. The van der Waals surface area contributed by atoms with E-state index in [-0.39, 0.29) is 10.8 Å². The summed E-state index contributed by atoms with van der Waals surface area (Å²) in [7, 11) is 0. The molecule has 0 aliphatic heterocycles. The summed E-state index contributed by atoms with van der Waals surface area (Å²) in [6.07, 6.45) is 3.12. The van der Waals surface area contributed by atoms with Crippen molar-refractivity contribution in [2.45, 2.75) is 36.6 Å². The van der Waals surface area contributed by atoms with Gasteiger partial charge in [0, 0.05) is 4.88 Å². The number of hydrogen-bond donors (Lipinski definition) is 0. The fourth-order valence-corrected chi connectivity index (χ4v) is 5.21. The number of aromatic nitrogens is 2. The normalized spacial score (nSPS) is 14.5. The molecule has 4 rings (SSSR count). The van der Waals surface area contributed by atoms with Gasteiger partial charge in [-0.25, -0.2) is 4.98 Å². The lowest BCUT2D eigenvalue weighted by molar-refractivity contribution is 0.818. The van der Waals surface area contributed by atoms with Gasteiger partial charge >= 0.3 is 0 Å². The lowest BCUT2D eigenvalue weighted by Gasteiger charge is -2.13. The molecule has 2 heterocycles. The molecule has 0 N–H and O–H groups in total. The minimum absolute atomic E-state index is 0.0155. The van der Waals surface area contributed by atoms with Crippen LogP contribution in [0.5, 0.6) is 0 Å². The fraction of sp³-hybridized carbons (Fsp3) is 0.278. The first-order valence-electron chi connectivity index (χ1n) is 7.88. The van der Waals surface area contributed by atoms with Crippen molar-refractivity contribution in [2.75, 3.05) is 0 Å². The van der Waals surface area contributed by atoms with Crippen molar-refractivity contribution in [1.82, 2.24) is 9.55 Å². The molecular formula is C18H15N3OS2. The third kappa shape index (κ3) is 2.45. The van der Waals surface area contributed by atoms with Crippen molar-refractivity contribution in [3.8, 4) is 11.8 Å². The molecule has 1 aromatic carbocycles. The molecule has 120 valence electrons. The smallest absolute Gasteiger partial charge is 0.267 e. The predicted octanol–water partition coefficient (Wildman–Crippen LogP) is 3.94. The molecule has 0 fully saturated rings. The van der Waals surface area contributed by atoms with Crippen LogP contribution < -0.4 is 5.56 Å². The zero-order chi connectivity index (χ0) is 16.7. The second-order valence-corrected chi connectivity index (χ2v) is 8.19. The van der Waals surface area contributed by atoms with Gasteiger partial charge in [0.15, 0.2) is 5.16 Å². The van der Waals surface area contributed by atoms with Gasteiger partial charge in [0.05, 0.1) is 22.4 Å². The second-order valence-electron chi connectivity index (χ2n) is 5.80. The molecular weight excluding hydrogens is 338 g/mol. The summed E-state index contributed by atoms with van der Waals surface area (Å²) >= 11 is 2.96. The Hall–Kier alpha value is -2.10. The molecule has 0 radical (unpaired) electrons. The first-order chi connectivity index (χ1) is 11.7. The summed E-state index contributed by atoms with van der Waals surface area (Å²) in [6.45, 7) is 1.82. The Morgan fingerprint density at radius 3 is 2.88 bits per heavy atom. The van der Waals surface area contributed by atoms with E-state index in [0.29, 0.717) is 5.16 Å². The molecule has 3 aromatic rings. The van der Waals surface area contributed by atoms with Gasteiger partial charge in [0.25, 0.3) is 5.56 Å². The Balaban J connectivity index is 2.02. The Labute approximate surface area is 147 Å². The van der Waals surface area contributed by atoms with Gasteiger partial charge in [0.2, 0.25) is 0 Å². The van der Waals surface area contributed by atoms with Crippen molar-refractivity contribution in [3.63, 3.8) is 0 Å². The number of para-hydroxylation sites is 1. The van der Waals surface area contributed by atoms with Crippen molar-refractivity contribution in [2.24, 2.45) is 0 Å². The molecule has 0 amide bonds. The molecule has 4 nitrogen and oxygen atoms in total. The number of thiophene rings is 1. The molecule has 0 bridgehead atoms. The predicted molar refractivity (Wildman–Crippen MR) is 98.2 cm³/mol. The first-order valence-corrected chi connectivity index (χ1v) is 9.57. The van der Waals surface area contributed by atoms with Crippen LogP contribution in [0.15, 0.2) is 40.3 Å². The van der Waals surface area contributed by atoms with Gasteiger partial charge in [-0.3, -0.25) is 9.36 Å². The second kappa shape index (κ2) is 6.08. The standard InChI is InChI=1S/C18H15N3OS2/c1-11(10-19)23-18-20-16-15(13-8-5-9-14(13)24-16)17(22)21(18)12-6-3-2-4-7-12/h2-4,6-7,11H,5,8-9H2,1H3/t11-/m1/s1. The first kappa shape index (κ1) is 15.4. The highest BCUT2D eigenvalue weighted by Crippen LogP contribution is 2.36. The highest BCUT2D eigenvalue weighted by atomic mass is 32.2. The van der Waals surface area contributed by atoms with Crippen LogP contribution in [0.1, 0.15) is 23.8 Å². The number of fused-ring (bicyclic) bond motifs is 3. The van der Waals surface area contributed by atoms with E-state index in [0.717, 1.165) is 35.2 Å². The maximum atomic E-state index is 13.3. The fourth-order valence-electron chi connectivity index (χ4n) is 3.09. The van der Waals surface area contributed by atoms with Crippen LogP contribution in [0, 0.1) is 11.3 Å². The zero-order valence-electron chi connectivity index (χ0n) is 13.2. The van der Waals surface area contributed by atoms with E-state index in [1.165, 1.54) is 22.2 Å². The minimum Gasteiger partial charge on any atom is -0.268 e. The van der Waals surface area contributed by atoms with Gasteiger partial charge < -0.3 is 0 Å². The highest BCUT2D eigenvalue weighted by Gasteiger charge is 2.24. The maximum Gasteiger partial charge on any atom is 0.267 e. The number of nitriles is 1. The molecule has 6 heteroatoms. The van der Waals surface area contributed by atoms with Crippen LogP contribution in [0.2, 0.25) is 0 Å². The monoisotopic (exact) mass is 353 g/mol. The van der Waals surface area contributed by atoms with E-state index in [1.807, 2.05) is 37.3 Å². The minimum atomic E-state index is -0.267. The summed E-state index contributed by atoms with van der Waals surface area (Å²) in [5, 5.41) is 10.2. The topological polar surface area (TPSA) is 58.7 Å². The molecule has 1 atom stereocenters. The van der Waals surface area contributed by atoms with Gasteiger partial charge in [-0.15, -0.1) is 11.3 Å². The summed E-state index contributed by atoms with van der Waals surface area (Å²) < 4.78 is 1.66. The molecule has 2 aromatic heterocycles. The van der Waals surface area contributed by atoms with E-state index in [9.17, 15) is 4.79 Å². The van der Waals surface area contributed by atoms with Crippen LogP contribution in [0.4, 0.5) is 0 Å².